The topological polar surface area (TPSA) is 49.5 Å². The van der Waals surface area contributed by atoms with Crippen molar-refractivity contribution >= 4 is 15.9 Å². The van der Waals surface area contributed by atoms with Gasteiger partial charge in [0.05, 0.1) is 0 Å². The fraction of sp³-hybridized carbons (Fsp3) is 0.500. The van der Waals surface area contributed by atoms with Gasteiger partial charge in [-0.2, -0.15) is 0 Å². The summed E-state index contributed by atoms with van der Waals surface area (Å²) < 4.78 is 1.00. The number of nitrogens with two attached hydrogens (primary N) is 1. The zero-order valence-corrected chi connectivity index (χ0v) is 10.9. The first-order valence-electron chi connectivity index (χ1n) is 5.50. The number of likely N-dealkylation sites (tertiary alicyclic amines) is 1. The third kappa shape index (κ3) is 2.24. The van der Waals surface area contributed by atoms with E-state index in [0.29, 0.717) is 11.7 Å². The van der Waals surface area contributed by atoms with Crippen molar-refractivity contribution in [1.29, 1.82) is 0 Å². The van der Waals surface area contributed by atoms with Gasteiger partial charge >= 0.3 is 0 Å². The Hall–Kier alpha value is -0.580. The van der Waals surface area contributed by atoms with Crippen LogP contribution in [0.3, 0.4) is 0 Å². The van der Waals surface area contributed by atoms with Crippen LogP contribution in [0.5, 0.6) is 5.75 Å². The van der Waals surface area contributed by atoms with Crippen LogP contribution in [0.1, 0.15) is 18.0 Å². The van der Waals surface area contributed by atoms with Crippen LogP contribution >= 0.6 is 15.9 Å². The average Bonchev–Trinajstić information content (AvgIpc) is 2.63. The van der Waals surface area contributed by atoms with Gasteiger partial charge in [-0.1, -0.05) is 15.9 Å². The Bertz CT molecular complexity index is 383. The summed E-state index contributed by atoms with van der Waals surface area (Å²) >= 11 is 3.44. The monoisotopic (exact) mass is 284 g/mol. The van der Waals surface area contributed by atoms with Gasteiger partial charge in [0, 0.05) is 22.6 Å². The lowest BCUT2D eigenvalue weighted by molar-refractivity contribution is 0.305. The normalized spacial score (nSPS) is 26.2. The van der Waals surface area contributed by atoms with Crippen LogP contribution in [0.4, 0.5) is 0 Å². The van der Waals surface area contributed by atoms with E-state index in [-0.39, 0.29) is 6.04 Å². The van der Waals surface area contributed by atoms with Gasteiger partial charge in [0.25, 0.3) is 0 Å². The molecule has 2 rings (SSSR count). The molecule has 4 heteroatoms. The Morgan fingerprint density at radius 3 is 2.94 bits per heavy atom. The zero-order valence-electron chi connectivity index (χ0n) is 9.36. The molecule has 0 amide bonds. The number of hydrogen-bond donors (Lipinski definition) is 2. The SMILES string of the molecule is CN1CC(CN)CC1c1cc(Br)ccc1O. The van der Waals surface area contributed by atoms with Crippen molar-refractivity contribution in [2.24, 2.45) is 11.7 Å². The van der Waals surface area contributed by atoms with E-state index in [1.165, 1.54) is 0 Å². The number of hydrogen-bond acceptors (Lipinski definition) is 3. The van der Waals surface area contributed by atoms with Crippen molar-refractivity contribution in [1.82, 2.24) is 4.90 Å². The molecule has 1 aromatic rings. The number of halogens is 1. The molecule has 2 unspecified atom stereocenters. The fourth-order valence-electron chi connectivity index (χ4n) is 2.43. The third-order valence-corrected chi connectivity index (χ3v) is 3.81. The van der Waals surface area contributed by atoms with Crippen molar-refractivity contribution in [3.8, 4) is 5.75 Å². The molecular formula is C12H17BrN2O. The van der Waals surface area contributed by atoms with Gasteiger partial charge in [-0.05, 0) is 44.1 Å². The molecule has 1 heterocycles. The quantitative estimate of drug-likeness (QED) is 0.875. The van der Waals surface area contributed by atoms with Gasteiger partial charge in [0.1, 0.15) is 5.75 Å². The van der Waals surface area contributed by atoms with E-state index in [9.17, 15) is 5.11 Å². The molecule has 0 saturated carbocycles. The first-order valence-corrected chi connectivity index (χ1v) is 6.30. The molecule has 16 heavy (non-hydrogen) atoms. The number of phenols is 1. The van der Waals surface area contributed by atoms with Crippen LogP contribution in [-0.4, -0.2) is 30.1 Å². The standard InChI is InChI=1S/C12H17BrN2O/c1-15-7-8(6-14)4-11(15)10-5-9(13)2-3-12(10)16/h2-3,5,8,11,16H,4,6-7,14H2,1H3. The lowest BCUT2D eigenvalue weighted by Crippen LogP contribution is -2.20. The van der Waals surface area contributed by atoms with Crippen molar-refractivity contribution in [3.05, 3.63) is 28.2 Å². The summed E-state index contributed by atoms with van der Waals surface area (Å²) in [5.74, 6) is 0.908. The highest BCUT2D eigenvalue weighted by Gasteiger charge is 2.31. The molecule has 1 fully saturated rings. The summed E-state index contributed by atoms with van der Waals surface area (Å²) in [6, 6.07) is 5.87. The van der Waals surface area contributed by atoms with Crippen LogP contribution in [0.2, 0.25) is 0 Å². The van der Waals surface area contributed by atoms with E-state index in [1.807, 2.05) is 12.1 Å². The molecule has 0 bridgehead atoms. The van der Waals surface area contributed by atoms with Crippen molar-refractivity contribution in [2.45, 2.75) is 12.5 Å². The Morgan fingerprint density at radius 2 is 2.31 bits per heavy atom. The van der Waals surface area contributed by atoms with E-state index in [2.05, 4.69) is 27.9 Å². The molecule has 3 N–H and O–H groups in total. The highest BCUT2D eigenvalue weighted by molar-refractivity contribution is 9.10. The fourth-order valence-corrected chi connectivity index (χ4v) is 2.81. The van der Waals surface area contributed by atoms with Crippen LogP contribution in [0.15, 0.2) is 22.7 Å². The first-order chi connectivity index (χ1) is 7.61. The van der Waals surface area contributed by atoms with Gasteiger partial charge in [0.15, 0.2) is 0 Å². The summed E-state index contributed by atoms with van der Waals surface area (Å²) in [5, 5.41) is 9.89. The second-order valence-electron chi connectivity index (χ2n) is 4.50. The van der Waals surface area contributed by atoms with Gasteiger partial charge in [0.2, 0.25) is 0 Å². The van der Waals surface area contributed by atoms with E-state index in [0.717, 1.165) is 29.5 Å². The molecule has 3 nitrogen and oxygen atoms in total. The molecule has 0 aliphatic carbocycles. The Morgan fingerprint density at radius 1 is 1.56 bits per heavy atom. The number of phenolic OH excluding ortho intramolecular Hbond substituents is 1. The predicted molar refractivity (Wildman–Crippen MR) is 68.3 cm³/mol. The van der Waals surface area contributed by atoms with Crippen LogP contribution < -0.4 is 5.73 Å². The second-order valence-corrected chi connectivity index (χ2v) is 5.41. The molecule has 2 atom stereocenters. The minimum absolute atomic E-state index is 0.283. The van der Waals surface area contributed by atoms with Gasteiger partial charge in [-0.15, -0.1) is 0 Å². The smallest absolute Gasteiger partial charge is 0.120 e. The molecule has 0 spiro atoms. The second kappa shape index (κ2) is 4.73. The number of benzene rings is 1. The van der Waals surface area contributed by atoms with E-state index in [4.69, 9.17) is 5.73 Å². The lowest BCUT2D eigenvalue weighted by atomic mass is 9.99. The number of nitrogens with zero attached hydrogens (tertiary/aromatic N) is 1. The Kier molecular flexibility index (Phi) is 3.52. The molecular weight excluding hydrogens is 268 g/mol. The molecule has 1 aromatic carbocycles. The Labute approximate surface area is 104 Å². The lowest BCUT2D eigenvalue weighted by Gasteiger charge is -2.20. The average molecular weight is 285 g/mol. The molecule has 0 aromatic heterocycles. The van der Waals surface area contributed by atoms with Gasteiger partial charge in [-0.25, -0.2) is 0 Å². The van der Waals surface area contributed by atoms with E-state index < -0.39 is 0 Å². The summed E-state index contributed by atoms with van der Waals surface area (Å²) in [6.45, 7) is 1.72. The van der Waals surface area contributed by atoms with E-state index in [1.54, 1.807) is 6.07 Å². The van der Waals surface area contributed by atoms with Crippen LogP contribution in [0, 0.1) is 5.92 Å². The maximum Gasteiger partial charge on any atom is 0.120 e. The molecule has 1 aliphatic rings. The third-order valence-electron chi connectivity index (χ3n) is 3.32. The maximum absolute atomic E-state index is 9.89. The highest BCUT2D eigenvalue weighted by atomic mass is 79.9. The van der Waals surface area contributed by atoms with Crippen molar-refractivity contribution in [2.75, 3.05) is 20.1 Å². The van der Waals surface area contributed by atoms with Crippen LogP contribution in [0.25, 0.3) is 0 Å². The summed E-state index contributed by atoms with van der Waals surface area (Å²) in [7, 11) is 2.08. The minimum atomic E-state index is 0.283. The maximum atomic E-state index is 9.89. The van der Waals surface area contributed by atoms with Gasteiger partial charge < -0.3 is 10.8 Å². The summed E-state index contributed by atoms with van der Waals surface area (Å²) in [4.78, 5) is 2.26. The van der Waals surface area contributed by atoms with Crippen molar-refractivity contribution in [3.63, 3.8) is 0 Å². The van der Waals surface area contributed by atoms with Gasteiger partial charge in [-0.3, -0.25) is 4.90 Å². The first kappa shape index (κ1) is 11.9. The number of rotatable bonds is 2. The molecule has 88 valence electrons. The predicted octanol–water partition coefficient (Wildman–Crippen LogP) is 2.11. The zero-order chi connectivity index (χ0) is 11.7. The summed E-state index contributed by atoms with van der Waals surface area (Å²) in [5.41, 5.74) is 6.70. The molecule has 1 aliphatic heterocycles. The summed E-state index contributed by atoms with van der Waals surface area (Å²) in [6.07, 6.45) is 1.02. The largest absolute Gasteiger partial charge is 0.508 e. The molecule has 1 saturated heterocycles. The highest BCUT2D eigenvalue weighted by Crippen LogP contribution is 2.38. The minimum Gasteiger partial charge on any atom is -0.508 e. The van der Waals surface area contributed by atoms with Crippen LogP contribution in [-0.2, 0) is 0 Å². The van der Waals surface area contributed by atoms with E-state index >= 15 is 0 Å². The van der Waals surface area contributed by atoms with Crippen molar-refractivity contribution < 1.29 is 5.11 Å². The molecule has 0 radical (unpaired) electrons. The number of aromatic hydroxyl groups is 1. The Balaban J connectivity index is 2.27.